The molecule has 5 atom stereocenters. The third kappa shape index (κ3) is 5.43. The molecule has 0 radical (unpaired) electrons. The summed E-state index contributed by atoms with van der Waals surface area (Å²) in [5.41, 5.74) is 3.45. The maximum absolute atomic E-state index is 13.9. The van der Waals surface area contributed by atoms with Crippen LogP contribution in [0.3, 0.4) is 0 Å². The Morgan fingerprint density at radius 1 is 1.24 bits per heavy atom. The number of aliphatic hydroxyl groups is 1. The highest BCUT2D eigenvalue weighted by atomic mass is 19.1. The van der Waals surface area contributed by atoms with Crippen LogP contribution < -0.4 is 0 Å². The number of hydrogen-bond acceptors (Lipinski definition) is 1. The van der Waals surface area contributed by atoms with Crippen molar-refractivity contribution in [1.82, 2.24) is 0 Å². The van der Waals surface area contributed by atoms with Crippen LogP contribution >= 0.6 is 0 Å². The molecule has 3 fully saturated rings. The molecule has 0 aromatic carbocycles. The predicted molar refractivity (Wildman–Crippen MR) is 122 cm³/mol. The number of halogens is 1. The normalized spacial score (nSPS) is 37.2. The van der Waals surface area contributed by atoms with Gasteiger partial charge in [-0.25, -0.2) is 4.39 Å². The molecule has 1 N–H and O–H groups in total. The van der Waals surface area contributed by atoms with Gasteiger partial charge in [-0.3, -0.25) is 0 Å². The number of hydrogen-bond donors (Lipinski definition) is 1. The first-order valence-electron chi connectivity index (χ1n) is 12.0. The molecule has 0 amide bonds. The summed E-state index contributed by atoms with van der Waals surface area (Å²) in [6, 6.07) is 0. The zero-order valence-electron chi connectivity index (χ0n) is 19.3. The predicted octanol–water partition coefficient (Wildman–Crippen LogP) is 7.71. The lowest BCUT2D eigenvalue weighted by Gasteiger charge is -2.44. The van der Waals surface area contributed by atoms with Gasteiger partial charge in [0.15, 0.2) is 0 Å². The minimum absolute atomic E-state index is 0.201. The Balaban J connectivity index is 1.68. The average molecular weight is 403 g/mol. The van der Waals surface area contributed by atoms with E-state index in [-0.39, 0.29) is 6.10 Å². The van der Waals surface area contributed by atoms with Crippen LogP contribution in [-0.2, 0) is 0 Å². The van der Waals surface area contributed by atoms with E-state index in [1.54, 1.807) is 19.4 Å². The molecule has 3 aliphatic rings. The van der Waals surface area contributed by atoms with Gasteiger partial charge < -0.3 is 5.11 Å². The number of fused-ring (bicyclic) bond motifs is 1. The SMILES string of the molecule is C=C1CC[C@@H](O)C/C1=C/C=C1\CCC[C@]2(C)[C@@H]([C@H](C)CCCC(C)(C)F)CC[C@@H]12. The van der Waals surface area contributed by atoms with Crippen molar-refractivity contribution in [2.45, 2.75) is 110 Å². The Hall–Kier alpha value is -0.890. The van der Waals surface area contributed by atoms with Crippen molar-refractivity contribution >= 4 is 0 Å². The highest BCUT2D eigenvalue weighted by molar-refractivity contribution is 5.36. The molecular weight excluding hydrogens is 359 g/mol. The van der Waals surface area contributed by atoms with Gasteiger partial charge in [0.25, 0.3) is 0 Å². The zero-order chi connectivity index (χ0) is 21.2. The second-order valence-electron chi connectivity index (χ2n) is 11.1. The summed E-state index contributed by atoms with van der Waals surface area (Å²) in [7, 11) is 0. The van der Waals surface area contributed by atoms with Crippen molar-refractivity contribution in [1.29, 1.82) is 0 Å². The summed E-state index contributed by atoms with van der Waals surface area (Å²) in [6.45, 7) is 12.6. The van der Waals surface area contributed by atoms with Crippen molar-refractivity contribution in [3.8, 4) is 0 Å². The monoisotopic (exact) mass is 402 g/mol. The van der Waals surface area contributed by atoms with Crippen LogP contribution in [0.15, 0.2) is 35.5 Å². The summed E-state index contributed by atoms with van der Waals surface area (Å²) < 4.78 is 13.9. The standard InChI is InChI=1S/C27H43FO/c1-19-10-13-23(29)18-22(19)12-11-21-9-7-17-27(5)24(14-15-25(21)27)20(2)8-6-16-26(3,4)28/h11-12,20,23-25,29H,1,6-10,13-18H2,2-5H3/b21-11+,22-12-/t20-,23-,24-,25+,27-/m1/s1. The highest BCUT2D eigenvalue weighted by Crippen LogP contribution is 2.60. The van der Waals surface area contributed by atoms with Gasteiger partial charge in [-0.15, -0.1) is 0 Å². The fraction of sp³-hybridized carbons (Fsp3) is 0.778. The van der Waals surface area contributed by atoms with Crippen LogP contribution in [0, 0.1) is 23.2 Å². The van der Waals surface area contributed by atoms with E-state index in [9.17, 15) is 9.50 Å². The molecule has 164 valence electrons. The minimum Gasteiger partial charge on any atom is -0.393 e. The summed E-state index contributed by atoms with van der Waals surface area (Å²) in [4.78, 5) is 0. The molecule has 0 heterocycles. The summed E-state index contributed by atoms with van der Waals surface area (Å²) in [5.74, 6) is 2.14. The van der Waals surface area contributed by atoms with Crippen LogP contribution in [0.25, 0.3) is 0 Å². The Bertz CT molecular complexity index is 652. The van der Waals surface area contributed by atoms with Gasteiger partial charge >= 0.3 is 0 Å². The smallest absolute Gasteiger partial charge is 0.105 e. The molecule has 29 heavy (non-hydrogen) atoms. The zero-order valence-corrected chi connectivity index (χ0v) is 19.3. The van der Waals surface area contributed by atoms with E-state index < -0.39 is 5.67 Å². The molecule has 0 saturated heterocycles. The van der Waals surface area contributed by atoms with Crippen LogP contribution in [0.4, 0.5) is 4.39 Å². The van der Waals surface area contributed by atoms with E-state index in [0.717, 1.165) is 38.0 Å². The van der Waals surface area contributed by atoms with Crippen molar-refractivity contribution in [3.05, 3.63) is 35.5 Å². The lowest BCUT2D eigenvalue weighted by atomic mass is 9.60. The number of allylic oxidation sites excluding steroid dienone is 4. The number of aliphatic hydroxyl groups excluding tert-OH is 1. The Labute approximate surface area is 178 Å². The van der Waals surface area contributed by atoms with Gasteiger partial charge in [-0.05, 0) is 100 Å². The van der Waals surface area contributed by atoms with Crippen molar-refractivity contribution in [2.24, 2.45) is 23.2 Å². The molecule has 0 aromatic rings. The molecule has 0 spiro atoms. The first-order valence-corrected chi connectivity index (χ1v) is 12.0. The molecule has 2 heteroatoms. The fourth-order valence-electron chi connectivity index (χ4n) is 6.66. The Morgan fingerprint density at radius 3 is 2.72 bits per heavy atom. The van der Waals surface area contributed by atoms with Gasteiger partial charge in [0.1, 0.15) is 5.67 Å². The summed E-state index contributed by atoms with van der Waals surface area (Å²) in [6.07, 6.45) is 16.3. The molecule has 0 bridgehead atoms. The van der Waals surface area contributed by atoms with Gasteiger partial charge in [0, 0.05) is 0 Å². The molecule has 0 aliphatic heterocycles. The van der Waals surface area contributed by atoms with E-state index in [1.807, 2.05) is 0 Å². The van der Waals surface area contributed by atoms with Crippen LogP contribution in [0.1, 0.15) is 98.3 Å². The van der Waals surface area contributed by atoms with E-state index in [1.165, 1.54) is 43.3 Å². The molecule has 0 unspecified atom stereocenters. The maximum atomic E-state index is 13.9. The minimum atomic E-state index is -1.03. The first-order chi connectivity index (χ1) is 13.6. The first kappa shape index (κ1) is 22.8. The van der Waals surface area contributed by atoms with Crippen LogP contribution in [0.2, 0.25) is 0 Å². The van der Waals surface area contributed by atoms with Gasteiger partial charge in [0.05, 0.1) is 6.10 Å². The van der Waals surface area contributed by atoms with E-state index in [2.05, 4.69) is 32.6 Å². The lowest BCUT2D eigenvalue weighted by Crippen LogP contribution is -2.36. The van der Waals surface area contributed by atoms with Gasteiger partial charge in [-0.2, -0.15) is 0 Å². The Kier molecular flexibility index (Phi) is 7.14. The van der Waals surface area contributed by atoms with Gasteiger partial charge in [0.2, 0.25) is 0 Å². The largest absolute Gasteiger partial charge is 0.393 e. The van der Waals surface area contributed by atoms with E-state index >= 15 is 0 Å². The molecule has 3 aliphatic carbocycles. The molecule has 3 saturated carbocycles. The molecule has 0 aromatic heterocycles. The average Bonchev–Trinajstić information content (AvgIpc) is 2.99. The number of alkyl halides is 1. The second-order valence-corrected chi connectivity index (χ2v) is 11.1. The second kappa shape index (κ2) is 9.08. The van der Waals surface area contributed by atoms with Crippen molar-refractivity contribution in [3.63, 3.8) is 0 Å². The third-order valence-corrected chi connectivity index (χ3v) is 8.34. The summed E-state index contributed by atoms with van der Waals surface area (Å²) >= 11 is 0. The van der Waals surface area contributed by atoms with E-state index in [0.29, 0.717) is 23.7 Å². The van der Waals surface area contributed by atoms with Crippen LogP contribution in [-0.4, -0.2) is 16.9 Å². The van der Waals surface area contributed by atoms with Crippen LogP contribution in [0.5, 0.6) is 0 Å². The highest BCUT2D eigenvalue weighted by Gasteiger charge is 2.50. The van der Waals surface area contributed by atoms with E-state index in [4.69, 9.17) is 0 Å². The number of rotatable bonds is 6. The van der Waals surface area contributed by atoms with Crippen molar-refractivity contribution in [2.75, 3.05) is 0 Å². The molecule has 3 rings (SSSR count). The maximum Gasteiger partial charge on any atom is 0.105 e. The topological polar surface area (TPSA) is 20.2 Å². The quantitative estimate of drug-likeness (QED) is 0.482. The van der Waals surface area contributed by atoms with Crippen molar-refractivity contribution < 1.29 is 9.50 Å². The van der Waals surface area contributed by atoms with Gasteiger partial charge in [-0.1, -0.05) is 56.6 Å². The lowest BCUT2D eigenvalue weighted by molar-refractivity contribution is 0.0904. The molecular formula is C27H43FO. The Morgan fingerprint density at radius 2 is 2.00 bits per heavy atom. The molecule has 1 nitrogen and oxygen atoms in total. The summed E-state index contributed by atoms with van der Waals surface area (Å²) in [5, 5.41) is 10.0. The fourth-order valence-corrected chi connectivity index (χ4v) is 6.66. The third-order valence-electron chi connectivity index (χ3n) is 8.34.